The molecule has 0 saturated heterocycles. The van der Waals surface area contributed by atoms with Crippen LogP contribution in [0.3, 0.4) is 0 Å². The molecule has 24 heavy (non-hydrogen) atoms. The molecule has 2 aliphatic carbocycles. The second kappa shape index (κ2) is 5.27. The van der Waals surface area contributed by atoms with Crippen LogP contribution in [-0.2, 0) is 11.2 Å². The third kappa shape index (κ3) is 2.17. The van der Waals surface area contributed by atoms with Gasteiger partial charge in [0, 0.05) is 0 Å². The van der Waals surface area contributed by atoms with Crippen LogP contribution < -0.4 is 0 Å². The Morgan fingerprint density at radius 1 is 1.33 bits per heavy atom. The lowest BCUT2D eigenvalue weighted by atomic mass is 9.63. The average molecular weight is 328 g/mol. The Hall–Kier alpha value is -2.47. The van der Waals surface area contributed by atoms with Crippen LogP contribution in [0.2, 0.25) is 0 Å². The van der Waals surface area contributed by atoms with Crippen molar-refractivity contribution in [1.29, 1.82) is 0 Å². The number of hydrogen-bond acceptors (Lipinski definition) is 3. The lowest BCUT2D eigenvalue weighted by molar-refractivity contribution is -0.149. The summed E-state index contributed by atoms with van der Waals surface area (Å²) in [5, 5.41) is 24.1. The van der Waals surface area contributed by atoms with E-state index in [9.17, 15) is 19.4 Å². The molecule has 2 aliphatic rings. The minimum atomic E-state index is -1.04. The molecule has 1 saturated carbocycles. The quantitative estimate of drug-likeness (QED) is 0.888. The predicted molar refractivity (Wildman–Crippen MR) is 85.1 cm³/mol. The van der Waals surface area contributed by atoms with E-state index >= 15 is 0 Å². The van der Waals surface area contributed by atoms with Crippen molar-refractivity contribution in [3.05, 3.63) is 53.1 Å². The summed E-state index contributed by atoms with van der Waals surface area (Å²) in [6.45, 7) is 0. The second-order valence-electron chi connectivity index (χ2n) is 6.57. The van der Waals surface area contributed by atoms with Crippen molar-refractivity contribution in [2.45, 2.75) is 31.8 Å². The normalized spacial score (nSPS) is 25.6. The molecule has 124 valence electrons. The smallest absolute Gasteiger partial charge is 0.314 e. The summed E-state index contributed by atoms with van der Waals surface area (Å²) in [4.78, 5) is 12.0. The first kappa shape index (κ1) is 15.1. The molecule has 1 fully saturated rings. The van der Waals surface area contributed by atoms with E-state index in [1.807, 2.05) is 6.08 Å². The number of halogens is 1. The van der Waals surface area contributed by atoms with Crippen LogP contribution in [0.15, 0.2) is 36.0 Å². The zero-order chi connectivity index (χ0) is 16.9. The lowest BCUT2D eigenvalue weighted by Gasteiger charge is -2.40. The monoisotopic (exact) mass is 328 g/mol. The van der Waals surface area contributed by atoms with Crippen molar-refractivity contribution in [2.24, 2.45) is 5.41 Å². The van der Waals surface area contributed by atoms with Gasteiger partial charge >= 0.3 is 5.97 Å². The van der Waals surface area contributed by atoms with Crippen LogP contribution in [0.5, 0.6) is 0 Å². The van der Waals surface area contributed by atoms with Gasteiger partial charge in [-0.1, -0.05) is 5.57 Å². The molecular formula is C18H17FN2O3. The zero-order valence-corrected chi connectivity index (χ0v) is 12.9. The van der Waals surface area contributed by atoms with Crippen LogP contribution in [0.4, 0.5) is 4.39 Å². The number of hydrogen-bond donors (Lipinski definition) is 2. The van der Waals surface area contributed by atoms with Gasteiger partial charge in [-0.05, 0) is 61.6 Å². The topological polar surface area (TPSA) is 75.3 Å². The molecule has 6 heteroatoms. The van der Waals surface area contributed by atoms with Gasteiger partial charge in [0.2, 0.25) is 0 Å². The molecule has 2 N–H and O–H groups in total. The Kier molecular flexibility index (Phi) is 3.31. The molecule has 1 aromatic carbocycles. The highest BCUT2D eigenvalue weighted by Crippen LogP contribution is 2.48. The Morgan fingerprint density at radius 3 is 2.79 bits per heavy atom. The summed E-state index contributed by atoms with van der Waals surface area (Å²) in [6.07, 6.45) is 4.64. The molecule has 0 amide bonds. The van der Waals surface area contributed by atoms with E-state index < -0.39 is 17.5 Å². The van der Waals surface area contributed by atoms with Gasteiger partial charge in [-0.15, -0.1) is 0 Å². The largest absolute Gasteiger partial charge is 0.481 e. The maximum atomic E-state index is 13.1. The molecule has 1 aromatic heterocycles. The predicted octanol–water partition coefficient (Wildman–Crippen LogP) is 2.57. The van der Waals surface area contributed by atoms with Crippen molar-refractivity contribution in [2.75, 3.05) is 0 Å². The summed E-state index contributed by atoms with van der Waals surface area (Å²) < 4.78 is 14.8. The molecular weight excluding hydrogens is 311 g/mol. The number of benzene rings is 1. The van der Waals surface area contributed by atoms with Crippen LogP contribution in [0, 0.1) is 11.2 Å². The molecule has 5 nitrogen and oxygen atoms in total. The fourth-order valence-corrected chi connectivity index (χ4v) is 3.85. The minimum absolute atomic E-state index is 0.231. The SMILES string of the molecule is O=C(O)[C@]12Cc3cnn(-c4ccc(F)cc4)c3C=C1CCC(O)C2. The van der Waals surface area contributed by atoms with E-state index in [1.54, 1.807) is 23.0 Å². The van der Waals surface area contributed by atoms with Crippen molar-refractivity contribution < 1.29 is 19.4 Å². The molecule has 2 aromatic rings. The highest BCUT2D eigenvalue weighted by molar-refractivity contribution is 5.83. The van der Waals surface area contributed by atoms with Crippen molar-refractivity contribution >= 4 is 12.0 Å². The number of rotatable bonds is 2. The molecule has 0 spiro atoms. The van der Waals surface area contributed by atoms with Gasteiger partial charge in [-0.25, -0.2) is 9.07 Å². The van der Waals surface area contributed by atoms with Crippen molar-refractivity contribution in [3.8, 4) is 5.69 Å². The molecule has 0 radical (unpaired) electrons. The molecule has 1 heterocycles. The van der Waals surface area contributed by atoms with Crippen LogP contribution in [0.1, 0.15) is 30.5 Å². The van der Waals surface area contributed by atoms with E-state index in [4.69, 9.17) is 0 Å². The third-order valence-corrected chi connectivity index (χ3v) is 5.12. The maximum absolute atomic E-state index is 13.1. The Morgan fingerprint density at radius 2 is 2.08 bits per heavy atom. The number of carboxylic acids is 1. The van der Waals surface area contributed by atoms with Crippen LogP contribution in [-0.4, -0.2) is 32.1 Å². The van der Waals surface area contributed by atoms with Gasteiger partial charge in [-0.3, -0.25) is 4.79 Å². The number of aliphatic carboxylic acids is 1. The number of aromatic nitrogens is 2. The van der Waals surface area contributed by atoms with Crippen LogP contribution in [0.25, 0.3) is 11.8 Å². The lowest BCUT2D eigenvalue weighted by Crippen LogP contribution is -2.43. The van der Waals surface area contributed by atoms with Gasteiger partial charge in [0.15, 0.2) is 0 Å². The van der Waals surface area contributed by atoms with E-state index in [2.05, 4.69) is 5.10 Å². The number of aliphatic hydroxyl groups excluding tert-OH is 1. The summed E-state index contributed by atoms with van der Waals surface area (Å²) in [5.41, 5.74) is 2.19. The van der Waals surface area contributed by atoms with Gasteiger partial charge < -0.3 is 10.2 Å². The zero-order valence-electron chi connectivity index (χ0n) is 12.9. The first-order valence-electron chi connectivity index (χ1n) is 7.95. The Balaban J connectivity index is 1.82. The molecule has 1 unspecified atom stereocenters. The number of carboxylic acid groups (broad SMARTS) is 1. The number of aliphatic hydroxyl groups is 1. The summed E-state index contributed by atoms with van der Waals surface area (Å²) in [5.74, 6) is -1.21. The fourth-order valence-electron chi connectivity index (χ4n) is 3.85. The summed E-state index contributed by atoms with van der Waals surface area (Å²) >= 11 is 0. The Bertz CT molecular complexity index is 840. The van der Waals surface area contributed by atoms with Crippen molar-refractivity contribution in [1.82, 2.24) is 9.78 Å². The van der Waals surface area contributed by atoms with Gasteiger partial charge in [-0.2, -0.15) is 5.10 Å². The van der Waals surface area contributed by atoms with E-state index in [0.29, 0.717) is 19.3 Å². The third-order valence-electron chi connectivity index (χ3n) is 5.12. The maximum Gasteiger partial charge on any atom is 0.314 e. The standard InChI is InChI=1S/C18H17FN2O3/c19-13-2-4-14(5-3-13)21-16-7-12-1-6-15(22)9-18(12,17(23)24)8-11(16)10-20-21/h2-5,7,10,15,22H,1,6,8-9H2,(H,23,24)/t15?,18-/m0/s1. The highest BCUT2D eigenvalue weighted by Gasteiger charge is 2.48. The van der Waals surface area contributed by atoms with Gasteiger partial charge in [0.05, 0.1) is 29.1 Å². The van der Waals surface area contributed by atoms with Gasteiger partial charge in [0.1, 0.15) is 5.82 Å². The summed E-state index contributed by atoms with van der Waals surface area (Å²) in [7, 11) is 0. The molecule has 0 bridgehead atoms. The van der Waals surface area contributed by atoms with Crippen LogP contribution >= 0.6 is 0 Å². The molecule has 2 atom stereocenters. The van der Waals surface area contributed by atoms with E-state index in [0.717, 1.165) is 22.5 Å². The number of fused-ring (bicyclic) bond motifs is 2. The van der Waals surface area contributed by atoms with Gasteiger partial charge in [0.25, 0.3) is 0 Å². The highest BCUT2D eigenvalue weighted by atomic mass is 19.1. The van der Waals surface area contributed by atoms with E-state index in [-0.39, 0.29) is 12.2 Å². The minimum Gasteiger partial charge on any atom is -0.481 e. The first-order valence-corrected chi connectivity index (χ1v) is 7.95. The number of nitrogens with zero attached hydrogens (tertiary/aromatic N) is 2. The Labute approximate surface area is 138 Å². The molecule has 4 rings (SSSR count). The fraction of sp³-hybridized carbons (Fsp3) is 0.333. The van der Waals surface area contributed by atoms with E-state index in [1.165, 1.54) is 12.1 Å². The number of carbonyl (C=O) groups is 1. The second-order valence-corrected chi connectivity index (χ2v) is 6.57. The first-order chi connectivity index (χ1) is 11.5. The molecule has 0 aliphatic heterocycles. The average Bonchev–Trinajstić information content (AvgIpc) is 2.95. The van der Waals surface area contributed by atoms with Crippen molar-refractivity contribution in [3.63, 3.8) is 0 Å². The summed E-state index contributed by atoms with van der Waals surface area (Å²) in [6, 6.07) is 6.03.